The molecule has 0 bridgehead atoms. The topological polar surface area (TPSA) is 33.7 Å². The van der Waals surface area contributed by atoms with Crippen molar-refractivity contribution in [2.75, 3.05) is 39.8 Å². The Morgan fingerprint density at radius 3 is 2.65 bits per heavy atom. The fourth-order valence-corrected chi connectivity index (χ4v) is 2.50. The molecule has 1 fully saturated rings. The second-order valence-electron chi connectivity index (χ2n) is 5.46. The molecule has 0 amide bonds. The standard InChI is InChI=1S/C16H26N2O2/c1-13(2)20-16-14(5-4-6-15(16)19-3)7-10-18-11-8-17-9-12-18/h4-6,13,17H,7-12H2,1-3H3. The molecule has 0 aromatic heterocycles. The van der Waals surface area contributed by atoms with Gasteiger partial charge in [-0.05, 0) is 31.9 Å². The van der Waals surface area contributed by atoms with Gasteiger partial charge in [-0.2, -0.15) is 0 Å². The van der Waals surface area contributed by atoms with Crippen LogP contribution >= 0.6 is 0 Å². The summed E-state index contributed by atoms with van der Waals surface area (Å²) >= 11 is 0. The molecule has 0 saturated carbocycles. The summed E-state index contributed by atoms with van der Waals surface area (Å²) in [5.74, 6) is 1.73. The molecular weight excluding hydrogens is 252 g/mol. The van der Waals surface area contributed by atoms with Crippen LogP contribution in [0.4, 0.5) is 0 Å². The second-order valence-corrected chi connectivity index (χ2v) is 5.46. The lowest BCUT2D eigenvalue weighted by molar-refractivity contribution is 0.222. The first-order valence-electron chi connectivity index (χ1n) is 7.46. The predicted molar refractivity (Wildman–Crippen MR) is 81.8 cm³/mol. The number of ether oxygens (including phenoxy) is 2. The van der Waals surface area contributed by atoms with Crippen LogP contribution in [-0.2, 0) is 6.42 Å². The van der Waals surface area contributed by atoms with Gasteiger partial charge in [0.2, 0.25) is 0 Å². The monoisotopic (exact) mass is 278 g/mol. The highest BCUT2D eigenvalue weighted by Crippen LogP contribution is 2.32. The summed E-state index contributed by atoms with van der Waals surface area (Å²) in [6.45, 7) is 9.61. The molecule has 0 radical (unpaired) electrons. The van der Waals surface area contributed by atoms with Crippen molar-refractivity contribution in [2.24, 2.45) is 0 Å². The summed E-state index contributed by atoms with van der Waals surface area (Å²) in [5, 5.41) is 3.38. The van der Waals surface area contributed by atoms with E-state index < -0.39 is 0 Å². The Balaban J connectivity index is 2.05. The molecule has 1 saturated heterocycles. The van der Waals surface area contributed by atoms with Crippen LogP contribution < -0.4 is 14.8 Å². The zero-order valence-electron chi connectivity index (χ0n) is 12.8. The van der Waals surface area contributed by atoms with Crippen LogP contribution in [-0.4, -0.2) is 50.8 Å². The Morgan fingerprint density at radius 1 is 1.25 bits per heavy atom. The number of hydrogen-bond donors (Lipinski definition) is 1. The largest absolute Gasteiger partial charge is 0.493 e. The molecule has 1 N–H and O–H groups in total. The van der Waals surface area contributed by atoms with Crippen molar-refractivity contribution in [1.29, 1.82) is 0 Å². The average molecular weight is 278 g/mol. The Kier molecular flexibility index (Phi) is 5.68. The van der Waals surface area contributed by atoms with Crippen molar-refractivity contribution in [1.82, 2.24) is 10.2 Å². The molecule has 20 heavy (non-hydrogen) atoms. The minimum absolute atomic E-state index is 0.157. The zero-order valence-corrected chi connectivity index (χ0v) is 12.8. The maximum atomic E-state index is 5.95. The number of piperazine rings is 1. The Hall–Kier alpha value is -1.26. The molecule has 0 spiro atoms. The first kappa shape index (κ1) is 15.1. The van der Waals surface area contributed by atoms with Crippen molar-refractivity contribution in [2.45, 2.75) is 26.4 Å². The van der Waals surface area contributed by atoms with Crippen molar-refractivity contribution < 1.29 is 9.47 Å². The van der Waals surface area contributed by atoms with E-state index in [0.29, 0.717) is 0 Å². The summed E-state index contributed by atoms with van der Waals surface area (Å²) in [6, 6.07) is 6.15. The van der Waals surface area contributed by atoms with Gasteiger partial charge in [0, 0.05) is 32.7 Å². The molecule has 0 atom stereocenters. The van der Waals surface area contributed by atoms with E-state index in [2.05, 4.69) is 16.3 Å². The normalized spacial score (nSPS) is 16.4. The number of rotatable bonds is 6. The van der Waals surface area contributed by atoms with Crippen molar-refractivity contribution in [3.63, 3.8) is 0 Å². The second kappa shape index (κ2) is 7.50. The smallest absolute Gasteiger partial charge is 0.164 e. The van der Waals surface area contributed by atoms with E-state index in [1.807, 2.05) is 26.0 Å². The van der Waals surface area contributed by atoms with Gasteiger partial charge >= 0.3 is 0 Å². The summed E-state index contributed by atoms with van der Waals surface area (Å²) in [7, 11) is 1.70. The number of nitrogens with zero attached hydrogens (tertiary/aromatic N) is 1. The van der Waals surface area contributed by atoms with Crippen LogP contribution in [0.5, 0.6) is 11.5 Å². The Labute approximate surface area is 122 Å². The zero-order chi connectivity index (χ0) is 14.4. The number of para-hydroxylation sites is 1. The van der Waals surface area contributed by atoms with Crippen molar-refractivity contribution in [3.05, 3.63) is 23.8 Å². The van der Waals surface area contributed by atoms with Gasteiger partial charge < -0.3 is 19.7 Å². The molecule has 1 aliphatic heterocycles. The van der Waals surface area contributed by atoms with Gasteiger partial charge in [0.25, 0.3) is 0 Å². The summed E-state index contributed by atoms with van der Waals surface area (Å²) in [4.78, 5) is 2.50. The van der Waals surface area contributed by atoms with Crippen molar-refractivity contribution in [3.8, 4) is 11.5 Å². The number of benzene rings is 1. The fraction of sp³-hybridized carbons (Fsp3) is 0.625. The summed E-state index contributed by atoms with van der Waals surface area (Å²) in [6.07, 6.45) is 1.16. The van der Waals surface area contributed by atoms with Gasteiger partial charge in [-0.3, -0.25) is 0 Å². The number of methoxy groups -OCH3 is 1. The molecule has 1 aromatic rings. The molecular formula is C16H26N2O2. The lowest BCUT2D eigenvalue weighted by Crippen LogP contribution is -2.44. The van der Waals surface area contributed by atoms with Gasteiger partial charge in [0.15, 0.2) is 11.5 Å². The summed E-state index contributed by atoms with van der Waals surface area (Å²) in [5.41, 5.74) is 1.23. The fourth-order valence-electron chi connectivity index (χ4n) is 2.50. The Morgan fingerprint density at radius 2 is 2.00 bits per heavy atom. The maximum absolute atomic E-state index is 5.95. The minimum Gasteiger partial charge on any atom is -0.493 e. The molecule has 1 heterocycles. The van der Waals surface area contributed by atoms with Crippen LogP contribution in [0.2, 0.25) is 0 Å². The minimum atomic E-state index is 0.157. The highest BCUT2D eigenvalue weighted by atomic mass is 16.5. The van der Waals surface area contributed by atoms with E-state index in [0.717, 1.165) is 50.6 Å². The molecule has 0 aliphatic carbocycles. The van der Waals surface area contributed by atoms with Crippen LogP contribution in [0.1, 0.15) is 19.4 Å². The molecule has 4 heteroatoms. The lowest BCUT2D eigenvalue weighted by Gasteiger charge is -2.27. The average Bonchev–Trinajstić information content (AvgIpc) is 2.46. The van der Waals surface area contributed by atoms with Crippen molar-refractivity contribution >= 4 is 0 Å². The Bertz CT molecular complexity index is 415. The van der Waals surface area contributed by atoms with E-state index >= 15 is 0 Å². The highest BCUT2D eigenvalue weighted by Gasteiger charge is 2.14. The molecule has 0 unspecified atom stereocenters. The molecule has 1 aliphatic rings. The third-order valence-electron chi connectivity index (χ3n) is 3.54. The van der Waals surface area contributed by atoms with E-state index in [1.165, 1.54) is 5.56 Å². The first-order valence-corrected chi connectivity index (χ1v) is 7.46. The van der Waals surface area contributed by atoms with Crippen LogP contribution in [0.15, 0.2) is 18.2 Å². The number of hydrogen-bond acceptors (Lipinski definition) is 4. The van der Waals surface area contributed by atoms with Gasteiger partial charge in [0.05, 0.1) is 13.2 Å². The lowest BCUT2D eigenvalue weighted by atomic mass is 10.1. The van der Waals surface area contributed by atoms with Gasteiger partial charge in [-0.25, -0.2) is 0 Å². The van der Waals surface area contributed by atoms with Gasteiger partial charge in [-0.1, -0.05) is 12.1 Å². The van der Waals surface area contributed by atoms with Crippen LogP contribution in [0.3, 0.4) is 0 Å². The molecule has 112 valence electrons. The third kappa shape index (κ3) is 4.12. The highest BCUT2D eigenvalue weighted by molar-refractivity contribution is 5.46. The van der Waals surface area contributed by atoms with E-state index in [1.54, 1.807) is 7.11 Å². The van der Waals surface area contributed by atoms with E-state index in [-0.39, 0.29) is 6.10 Å². The van der Waals surface area contributed by atoms with Crippen LogP contribution in [0, 0.1) is 0 Å². The molecule has 2 rings (SSSR count). The van der Waals surface area contributed by atoms with Crippen LogP contribution in [0.25, 0.3) is 0 Å². The quantitative estimate of drug-likeness (QED) is 0.862. The SMILES string of the molecule is COc1cccc(CCN2CCNCC2)c1OC(C)C. The first-order chi connectivity index (χ1) is 9.70. The molecule has 1 aromatic carbocycles. The van der Waals surface area contributed by atoms with E-state index in [4.69, 9.17) is 9.47 Å². The van der Waals surface area contributed by atoms with Gasteiger partial charge in [0.1, 0.15) is 0 Å². The van der Waals surface area contributed by atoms with Gasteiger partial charge in [-0.15, -0.1) is 0 Å². The number of nitrogens with one attached hydrogen (secondary N) is 1. The third-order valence-corrected chi connectivity index (χ3v) is 3.54. The maximum Gasteiger partial charge on any atom is 0.164 e. The summed E-state index contributed by atoms with van der Waals surface area (Å²) < 4.78 is 11.4. The predicted octanol–water partition coefficient (Wildman–Crippen LogP) is 1.93. The molecule has 4 nitrogen and oxygen atoms in total. The van der Waals surface area contributed by atoms with E-state index in [9.17, 15) is 0 Å².